The number of rotatable bonds is 0. The molecule has 1 aromatic carbocycles. The molecule has 2 aromatic rings. The Hall–Kier alpha value is -2.21. The maximum atomic E-state index is 14.6. The topological polar surface area (TPSA) is 69.0 Å². The van der Waals surface area contributed by atoms with Crippen LogP contribution < -0.4 is 11.2 Å². The Morgan fingerprint density at radius 2 is 2.09 bits per heavy atom. The van der Waals surface area contributed by atoms with E-state index in [1.54, 1.807) is 6.07 Å². The molecule has 0 fully saturated rings. The van der Waals surface area contributed by atoms with Crippen LogP contribution in [0.3, 0.4) is 0 Å². The van der Waals surface area contributed by atoms with Crippen molar-refractivity contribution in [2.45, 2.75) is 37.8 Å². The Kier molecular flexibility index (Phi) is 3.06. The van der Waals surface area contributed by atoms with Crippen LogP contribution in [0.4, 0.5) is 4.39 Å². The van der Waals surface area contributed by atoms with Gasteiger partial charge in [-0.1, -0.05) is 12.1 Å². The normalized spacial score (nSPS) is 23.6. The molecule has 4 rings (SSSR count). The minimum atomic E-state index is -0.502. The van der Waals surface area contributed by atoms with Crippen LogP contribution in [0.1, 0.15) is 35.2 Å². The van der Waals surface area contributed by atoms with Crippen molar-refractivity contribution >= 4 is 0 Å². The molecule has 0 radical (unpaired) electrons. The molecular formula is C17H18FN3O2. The van der Waals surface area contributed by atoms with Crippen LogP contribution in [-0.4, -0.2) is 21.9 Å². The highest BCUT2D eigenvalue weighted by Gasteiger charge is 2.45. The first kappa shape index (κ1) is 14.4. The molecule has 2 heterocycles. The largest absolute Gasteiger partial charge is 0.325 e. The second kappa shape index (κ2) is 4.89. The van der Waals surface area contributed by atoms with Gasteiger partial charge in [0.25, 0.3) is 5.56 Å². The number of fused-ring (bicyclic) bond motifs is 3. The number of aryl methyl sites for hydroxylation is 1. The number of nitrogens with zero attached hydrogens (tertiary/aromatic N) is 1. The van der Waals surface area contributed by atoms with Gasteiger partial charge in [0.2, 0.25) is 0 Å². The number of hydrogen-bond acceptors (Lipinski definition) is 3. The number of hydrogen-bond donors (Lipinski definition) is 2. The molecule has 1 atom stereocenters. The summed E-state index contributed by atoms with van der Waals surface area (Å²) in [5, 5.41) is 0. The SMILES string of the molecule is CN1Cc2c([nH]c(=O)[nH]c2=O)CC12CCCc1cccc(F)c12. The molecule has 1 aromatic heterocycles. The van der Waals surface area contributed by atoms with Gasteiger partial charge in [0.1, 0.15) is 5.82 Å². The van der Waals surface area contributed by atoms with Crippen LogP contribution in [0.15, 0.2) is 27.8 Å². The number of aromatic amines is 2. The van der Waals surface area contributed by atoms with E-state index in [-0.39, 0.29) is 11.4 Å². The molecule has 23 heavy (non-hydrogen) atoms. The molecule has 0 saturated carbocycles. The Morgan fingerprint density at radius 3 is 2.91 bits per heavy atom. The van der Waals surface area contributed by atoms with Gasteiger partial charge in [-0.15, -0.1) is 0 Å². The van der Waals surface area contributed by atoms with Crippen molar-refractivity contribution in [2.75, 3.05) is 7.05 Å². The van der Waals surface area contributed by atoms with Crippen molar-refractivity contribution in [1.82, 2.24) is 14.9 Å². The molecule has 1 spiro atoms. The Bertz CT molecular complexity index is 901. The van der Waals surface area contributed by atoms with Gasteiger partial charge >= 0.3 is 5.69 Å². The summed E-state index contributed by atoms with van der Waals surface area (Å²) in [5.74, 6) is -0.204. The molecule has 2 N–H and O–H groups in total. The van der Waals surface area contributed by atoms with Crippen molar-refractivity contribution in [3.8, 4) is 0 Å². The minimum Gasteiger partial charge on any atom is -0.311 e. The van der Waals surface area contributed by atoms with Crippen LogP contribution in [0, 0.1) is 5.82 Å². The summed E-state index contributed by atoms with van der Waals surface area (Å²) in [6.07, 6.45) is 3.09. The molecule has 0 amide bonds. The highest BCUT2D eigenvalue weighted by Crippen LogP contribution is 2.45. The second-order valence-electron chi connectivity index (χ2n) is 6.56. The first-order chi connectivity index (χ1) is 11.0. The molecule has 1 unspecified atom stereocenters. The number of halogens is 1. The van der Waals surface area contributed by atoms with E-state index in [0.29, 0.717) is 24.2 Å². The summed E-state index contributed by atoms with van der Waals surface area (Å²) in [4.78, 5) is 30.7. The lowest BCUT2D eigenvalue weighted by atomic mass is 9.70. The molecular weight excluding hydrogens is 297 g/mol. The molecule has 1 aliphatic carbocycles. The third kappa shape index (κ3) is 2.01. The number of nitrogens with one attached hydrogen (secondary N) is 2. The van der Waals surface area contributed by atoms with Crippen molar-refractivity contribution in [2.24, 2.45) is 0 Å². The Morgan fingerprint density at radius 1 is 1.26 bits per heavy atom. The fourth-order valence-corrected chi connectivity index (χ4v) is 4.25. The van der Waals surface area contributed by atoms with E-state index in [4.69, 9.17) is 0 Å². The van der Waals surface area contributed by atoms with E-state index in [0.717, 1.165) is 30.4 Å². The molecule has 6 heteroatoms. The highest BCUT2D eigenvalue weighted by atomic mass is 19.1. The zero-order valence-electron chi connectivity index (χ0n) is 12.9. The third-order valence-corrected chi connectivity index (χ3v) is 5.33. The maximum Gasteiger partial charge on any atom is 0.325 e. The van der Waals surface area contributed by atoms with E-state index in [1.165, 1.54) is 6.07 Å². The smallest absolute Gasteiger partial charge is 0.311 e. The zero-order chi connectivity index (χ0) is 16.2. The summed E-state index contributed by atoms with van der Waals surface area (Å²) in [5.41, 5.74) is 1.60. The van der Waals surface area contributed by atoms with Crippen molar-refractivity contribution < 1.29 is 4.39 Å². The van der Waals surface area contributed by atoms with Gasteiger partial charge in [0, 0.05) is 24.2 Å². The lowest BCUT2D eigenvalue weighted by Crippen LogP contribution is -2.53. The van der Waals surface area contributed by atoms with E-state index < -0.39 is 11.2 Å². The van der Waals surface area contributed by atoms with Gasteiger partial charge in [0.05, 0.1) is 11.1 Å². The molecule has 0 saturated heterocycles. The average Bonchev–Trinajstić information content (AvgIpc) is 2.50. The van der Waals surface area contributed by atoms with E-state index >= 15 is 0 Å². The fourth-order valence-electron chi connectivity index (χ4n) is 4.25. The van der Waals surface area contributed by atoms with E-state index in [2.05, 4.69) is 14.9 Å². The minimum absolute atomic E-state index is 0.204. The summed E-state index contributed by atoms with van der Waals surface area (Å²) >= 11 is 0. The van der Waals surface area contributed by atoms with Crippen molar-refractivity contribution in [3.05, 3.63) is 67.2 Å². The van der Waals surface area contributed by atoms with Crippen LogP contribution in [0.2, 0.25) is 0 Å². The van der Waals surface area contributed by atoms with Crippen LogP contribution >= 0.6 is 0 Å². The van der Waals surface area contributed by atoms with E-state index in [1.807, 2.05) is 13.1 Å². The quantitative estimate of drug-likeness (QED) is 0.772. The molecule has 2 aliphatic rings. The molecule has 1 aliphatic heterocycles. The predicted molar refractivity (Wildman–Crippen MR) is 83.9 cm³/mol. The molecule has 0 bridgehead atoms. The van der Waals surface area contributed by atoms with Crippen LogP contribution in [0.25, 0.3) is 0 Å². The van der Waals surface area contributed by atoms with Gasteiger partial charge in [-0.2, -0.15) is 0 Å². The Balaban J connectivity index is 1.94. The monoisotopic (exact) mass is 315 g/mol. The van der Waals surface area contributed by atoms with Gasteiger partial charge in [0.15, 0.2) is 0 Å². The summed E-state index contributed by atoms with van der Waals surface area (Å²) in [6, 6.07) is 5.22. The number of benzene rings is 1. The number of H-pyrrole nitrogens is 2. The maximum absolute atomic E-state index is 14.6. The van der Waals surface area contributed by atoms with Gasteiger partial charge < -0.3 is 4.98 Å². The molecule has 120 valence electrons. The zero-order valence-corrected chi connectivity index (χ0v) is 12.9. The second-order valence-corrected chi connectivity index (χ2v) is 6.56. The summed E-state index contributed by atoms with van der Waals surface area (Å²) < 4.78 is 14.6. The van der Waals surface area contributed by atoms with Crippen molar-refractivity contribution in [1.29, 1.82) is 0 Å². The van der Waals surface area contributed by atoms with Gasteiger partial charge in [-0.25, -0.2) is 9.18 Å². The summed E-state index contributed by atoms with van der Waals surface area (Å²) in [7, 11) is 1.93. The molecule has 5 nitrogen and oxygen atoms in total. The lowest BCUT2D eigenvalue weighted by molar-refractivity contribution is 0.0682. The first-order valence-corrected chi connectivity index (χ1v) is 7.85. The van der Waals surface area contributed by atoms with E-state index in [9.17, 15) is 14.0 Å². The fraction of sp³-hybridized carbons (Fsp3) is 0.412. The van der Waals surface area contributed by atoms with Gasteiger partial charge in [-0.05, 0) is 37.9 Å². The van der Waals surface area contributed by atoms with Gasteiger partial charge in [-0.3, -0.25) is 14.7 Å². The first-order valence-electron chi connectivity index (χ1n) is 7.85. The predicted octanol–water partition coefficient (Wildman–Crippen LogP) is 1.42. The lowest BCUT2D eigenvalue weighted by Gasteiger charge is -2.48. The number of aromatic nitrogens is 2. The van der Waals surface area contributed by atoms with Crippen LogP contribution in [-0.2, 0) is 24.9 Å². The number of likely N-dealkylation sites (N-methyl/N-ethyl adjacent to an activating group) is 1. The Labute approximate surface area is 132 Å². The highest BCUT2D eigenvalue weighted by molar-refractivity contribution is 5.41. The third-order valence-electron chi connectivity index (χ3n) is 5.33. The standard InChI is InChI=1S/C17H18FN3O2/c1-21-9-11-13(19-16(23)20-15(11)22)8-17(21)7-3-5-10-4-2-6-12(18)14(10)17/h2,4,6H,3,5,7-9H2,1H3,(H2,19,20,22,23). The summed E-state index contributed by atoms with van der Waals surface area (Å²) in [6.45, 7) is 0.398. The van der Waals surface area contributed by atoms with Crippen LogP contribution in [0.5, 0.6) is 0 Å². The average molecular weight is 315 g/mol. The van der Waals surface area contributed by atoms with Crippen molar-refractivity contribution in [3.63, 3.8) is 0 Å².